The Morgan fingerprint density at radius 1 is 1.12 bits per heavy atom. The Kier molecular flexibility index (Phi) is 3.98. The Morgan fingerprint density at radius 2 is 2.00 bits per heavy atom. The number of hydrogen-bond donors (Lipinski definition) is 2. The zero-order valence-electron chi connectivity index (χ0n) is 13.2. The summed E-state index contributed by atoms with van der Waals surface area (Å²) in [5.41, 5.74) is 0.562. The molecule has 24 heavy (non-hydrogen) atoms. The van der Waals surface area contributed by atoms with Crippen LogP contribution >= 0.6 is 0 Å². The Hall–Kier alpha value is -2.70. The van der Waals surface area contributed by atoms with E-state index in [9.17, 15) is 4.79 Å². The Labute approximate surface area is 138 Å². The SMILES string of the molecule is O=c1ccc2cccc(OC(c3nnn[nH]3)C3CCCCC3)c2[nH]1. The molecule has 1 saturated carbocycles. The fraction of sp³-hybridized carbons (Fsp3) is 0.412. The van der Waals surface area contributed by atoms with Gasteiger partial charge in [0.1, 0.15) is 5.75 Å². The van der Waals surface area contributed by atoms with Gasteiger partial charge in [0.2, 0.25) is 5.56 Å². The third-order valence-corrected chi connectivity index (χ3v) is 4.68. The number of aromatic nitrogens is 5. The van der Waals surface area contributed by atoms with Crippen LogP contribution in [0.25, 0.3) is 10.9 Å². The molecule has 0 spiro atoms. The highest BCUT2D eigenvalue weighted by molar-refractivity contribution is 5.84. The predicted molar refractivity (Wildman–Crippen MR) is 88.7 cm³/mol. The van der Waals surface area contributed by atoms with Gasteiger partial charge in [0.15, 0.2) is 11.9 Å². The molecular formula is C17H19N5O2. The van der Waals surface area contributed by atoms with Crippen molar-refractivity contribution in [2.24, 2.45) is 5.92 Å². The molecule has 1 aromatic carbocycles. The van der Waals surface area contributed by atoms with Gasteiger partial charge in [-0.1, -0.05) is 31.4 Å². The van der Waals surface area contributed by atoms with Crippen molar-refractivity contribution in [2.75, 3.05) is 0 Å². The van der Waals surface area contributed by atoms with Gasteiger partial charge >= 0.3 is 0 Å². The molecule has 0 amide bonds. The summed E-state index contributed by atoms with van der Waals surface area (Å²) in [5.74, 6) is 1.65. The van der Waals surface area contributed by atoms with Crippen LogP contribution in [0, 0.1) is 5.92 Å². The van der Waals surface area contributed by atoms with Crippen LogP contribution in [0.15, 0.2) is 35.1 Å². The summed E-state index contributed by atoms with van der Waals surface area (Å²) in [5, 5.41) is 15.2. The maximum absolute atomic E-state index is 11.7. The number of tetrazole rings is 1. The van der Waals surface area contributed by atoms with E-state index in [2.05, 4.69) is 25.6 Å². The molecule has 2 N–H and O–H groups in total. The number of benzene rings is 1. The molecule has 2 heterocycles. The molecule has 0 bridgehead atoms. The second kappa shape index (κ2) is 6.43. The number of aromatic amines is 2. The van der Waals surface area contributed by atoms with E-state index in [1.54, 1.807) is 6.07 Å². The number of nitrogens with one attached hydrogen (secondary N) is 2. The lowest BCUT2D eigenvalue weighted by atomic mass is 9.85. The maximum atomic E-state index is 11.7. The lowest BCUT2D eigenvalue weighted by molar-refractivity contribution is 0.102. The van der Waals surface area contributed by atoms with Crippen molar-refractivity contribution in [3.05, 3.63) is 46.5 Å². The molecule has 2 aromatic heterocycles. The topological polar surface area (TPSA) is 96.5 Å². The second-order valence-corrected chi connectivity index (χ2v) is 6.27. The summed E-state index contributed by atoms with van der Waals surface area (Å²) in [7, 11) is 0. The van der Waals surface area contributed by atoms with Gasteiger partial charge in [-0.3, -0.25) is 4.79 Å². The van der Waals surface area contributed by atoms with Gasteiger partial charge in [0.25, 0.3) is 0 Å². The quantitative estimate of drug-likeness (QED) is 0.769. The molecule has 7 heteroatoms. The number of hydrogen-bond acceptors (Lipinski definition) is 5. The van der Waals surface area contributed by atoms with Crippen molar-refractivity contribution >= 4 is 10.9 Å². The fourth-order valence-electron chi connectivity index (χ4n) is 3.49. The summed E-state index contributed by atoms with van der Waals surface area (Å²) in [6, 6.07) is 9.06. The van der Waals surface area contributed by atoms with Gasteiger partial charge in [-0.2, -0.15) is 0 Å². The first-order valence-corrected chi connectivity index (χ1v) is 8.33. The van der Waals surface area contributed by atoms with Gasteiger partial charge in [-0.25, -0.2) is 5.10 Å². The van der Waals surface area contributed by atoms with Crippen LogP contribution in [-0.2, 0) is 0 Å². The Balaban J connectivity index is 1.72. The second-order valence-electron chi connectivity index (χ2n) is 6.27. The Morgan fingerprint density at radius 3 is 2.79 bits per heavy atom. The standard InChI is InChI=1S/C17H19N5O2/c23-14-10-9-11-7-4-8-13(15(11)18-14)24-16(17-19-21-22-20-17)12-5-2-1-3-6-12/h4,7-10,12,16H,1-3,5-6H2,(H,18,23)(H,19,20,21,22). The molecule has 0 aliphatic heterocycles. The maximum Gasteiger partial charge on any atom is 0.248 e. The minimum Gasteiger partial charge on any atom is -0.480 e. The van der Waals surface area contributed by atoms with Crippen molar-refractivity contribution in [3.63, 3.8) is 0 Å². The van der Waals surface area contributed by atoms with E-state index in [0.29, 0.717) is 23.0 Å². The molecule has 4 rings (SSSR count). The predicted octanol–water partition coefficient (Wildman–Crippen LogP) is 2.74. The fourth-order valence-corrected chi connectivity index (χ4v) is 3.49. The number of pyridine rings is 1. The van der Waals surface area contributed by atoms with Crippen LogP contribution in [-0.4, -0.2) is 25.6 Å². The van der Waals surface area contributed by atoms with Gasteiger partial charge in [-0.05, 0) is 35.4 Å². The number of ether oxygens (including phenoxy) is 1. The van der Waals surface area contributed by atoms with E-state index in [0.717, 1.165) is 18.2 Å². The summed E-state index contributed by atoms with van der Waals surface area (Å²) < 4.78 is 6.32. The molecule has 3 aromatic rings. The van der Waals surface area contributed by atoms with Gasteiger partial charge in [0, 0.05) is 17.4 Å². The van der Waals surface area contributed by atoms with E-state index in [1.165, 1.54) is 25.3 Å². The highest BCUT2D eigenvalue weighted by Gasteiger charge is 2.30. The molecule has 1 aliphatic carbocycles. The lowest BCUT2D eigenvalue weighted by Crippen LogP contribution is -2.23. The van der Waals surface area contributed by atoms with Crippen LogP contribution in [0.4, 0.5) is 0 Å². The summed E-state index contributed by atoms with van der Waals surface area (Å²) in [6.07, 6.45) is 5.59. The summed E-state index contributed by atoms with van der Waals surface area (Å²) >= 11 is 0. The molecule has 1 unspecified atom stereocenters. The van der Waals surface area contributed by atoms with Gasteiger partial charge in [0.05, 0.1) is 5.52 Å². The van der Waals surface area contributed by atoms with Crippen LogP contribution in [0.1, 0.15) is 44.0 Å². The molecule has 124 valence electrons. The largest absolute Gasteiger partial charge is 0.480 e. The van der Waals surface area contributed by atoms with E-state index >= 15 is 0 Å². The zero-order valence-corrected chi connectivity index (χ0v) is 13.2. The normalized spacial score (nSPS) is 17.0. The van der Waals surface area contributed by atoms with E-state index in [1.807, 2.05) is 18.2 Å². The molecule has 0 radical (unpaired) electrons. The summed E-state index contributed by atoms with van der Waals surface area (Å²) in [4.78, 5) is 14.6. The number of nitrogens with zero attached hydrogens (tertiary/aromatic N) is 3. The third kappa shape index (κ3) is 2.89. The number of para-hydroxylation sites is 1. The van der Waals surface area contributed by atoms with Crippen molar-refractivity contribution < 1.29 is 4.74 Å². The van der Waals surface area contributed by atoms with Crippen molar-refractivity contribution in [1.29, 1.82) is 0 Å². The smallest absolute Gasteiger partial charge is 0.248 e. The minimum atomic E-state index is -0.241. The molecule has 7 nitrogen and oxygen atoms in total. The van der Waals surface area contributed by atoms with E-state index in [-0.39, 0.29) is 11.7 Å². The van der Waals surface area contributed by atoms with Crippen LogP contribution in [0.5, 0.6) is 5.75 Å². The number of H-pyrrole nitrogens is 2. The molecule has 1 fully saturated rings. The minimum absolute atomic E-state index is 0.144. The average Bonchev–Trinajstić information content (AvgIpc) is 3.15. The van der Waals surface area contributed by atoms with Crippen LogP contribution in [0.3, 0.4) is 0 Å². The van der Waals surface area contributed by atoms with Crippen molar-refractivity contribution in [1.82, 2.24) is 25.6 Å². The number of rotatable bonds is 4. The monoisotopic (exact) mass is 325 g/mol. The summed E-state index contributed by atoms with van der Waals surface area (Å²) in [6.45, 7) is 0. The third-order valence-electron chi connectivity index (χ3n) is 4.68. The van der Waals surface area contributed by atoms with E-state index in [4.69, 9.17) is 4.74 Å². The first-order chi connectivity index (χ1) is 11.8. The highest BCUT2D eigenvalue weighted by Crippen LogP contribution is 2.37. The highest BCUT2D eigenvalue weighted by atomic mass is 16.5. The molecule has 1 aliphatic rings. The molecule has 0 saturated heterocycles. The Bertz CT molecular complexity index is 868. The lowest BCUT2D eigenvalue weighted by Gasteiger charge is -2.29. The number of fused-ring (bicyclic) bond motifs is 1. The first-order valence-electron chi connectivity index (χ1n) is 8.33. The first kappa shape index (κ1) is 14.9. The van der Waals surface area contributed by atoms with Crippen LogP contribution in [0.2, 0.25) is 0 Å². The van der Waals surface area contributed by atoms with Crippen molar-refractivity contribution in [2.45, 2.75) is 38.2 Å². The van der Waals surface area contributed by atoms with Gasteiger partial charge in [-0.15, -0.1) is 5.10 Å². The van der Waals surface area contributed by atoms with Crippen molar-refractivity contribution in [3.8, 4) is 5.75 Å². The zero-order chi connectivity index (χ0) is 16.4. The van der Waals surface area contributed by atoms with Crippen LogP contribution < -0.4 is 10.3 Å². The van der Waals surface area contributed by atoms with E-state index < -0.39 is 0 Å². The average molecular weight is 325 g/mol. The molecular weight excluding hydrogens is 306 g/mol. The van der Waals surface area contributed by atoms with Gasteiger partial charge < -0.3 is 9.72 Å². The molecule has 1 atom stereocenters.